The summed E-state index contributed by atoms with van der Waals surface area (Å²) in [6, 6.07) is 12.0. The van der Waals surface area contributed by atoms with Crippen molar-refractivity contribution in [1.82, 2.24) is 25.0 Å². The highest BCUT2D eigenvalue weighted by Crippen LogP contribution is 2.26. The second kappa shape index (κ2) is 7.65. The highest BCUT2D eigenvalue weighted by Gasteiger charge is 2.11. The summed E-state index contributed by atoms with van der Waals surface area (Å²) in [6.45, 7) is 0. The van der Waals surface area contributed by atoms with Gasteiger partial charge in [-0.2, -0.15) is 10.4 Å². The number of carbonyl (C=O) groups excluding carboxylic acids is 1. The van der Waals surface area contributed by atoms with Crippen molar-refractivity contribution in [2.24, 2.45) is 0 Å². The van der Waals surface area contributed by atoms with E-state index in [1.807, 2.05) is 12.1 Å². The van der Waals surface area contributed by atoms with Crippen molar-refractivity contribution in [1.29, 1.82) is 5.26 Å². The molecule has 2 amide bonds. The van der Waals surface area contributed by atoms with Gasteiger partial charge in [-0.05, 0) is 36.4 Å². The Morgan fingerprint density at radius 3 is 2.71 bits per heavy atom. The molecule has 0 fully saturated rings. The summed E-state index contributed by atoms with van der Waals surface area (Å²) in [5.74, 6) is 0. The number of benzene rings is 1. The number of urea groups is 1. The average Bonchev–Trinajstić information content (AvgIpc) is 3.41. The molecule has 0 aliphatic heterocycles. The van der Waals surface area contributed by atoms with Crippen LogP contribution in [0.15, 0.2) is 61.2 Å². The van der Waals surface area contributed by atoms with E-state index in [0.717, 1.165) is 5.56 Å². The number of amides is 2. The summed E-state index contributed by atoms with van der Waals surface area (Å²) in [6.07, 6.45) is 6.70. The van der Waals surface area contributed by atoms with E-state index in [2.05, 4.69) is 37.0 Å². The molecule has 0 aliphatic carbocycles. The zero-order valence-electron chi connectivity index (χ0n) is 14.3. The molecule has 2 N–H and O–H groups in total. The van der Waals surface area contributed by atoms with Crippen molar-refractivity contribution >= 4 is 28.2 Å². The molecular weight excluding hydrogens is 376 g/mol. The predicted octanol–water partition coefficient (Wildman–Crippen LogP) is 3.30. The molecule has 3 aromatic heterocycles. The number of nitriles is 1. The van der Waals surface area contributed by atoms with Crippen molar-refractivity contribution in [3.05, 3.63) is 66.7 Å². The molecule has 9 nitrogen and oxygen atoms in total. The molecule has 4 rings (SSSR count). The molecular formula is C18H12N8OS. The topological polar surface area (TPSA) is 121 Å². The van der Waals surface area contributed by atoms with E-state index in [0.29, 0.717) is 27.1 Å². The highest BCUT2D eigenvalue weighted by molar-refractivity contribution is 7.18. The van der Waals surface area contributed by atoms with E-state index in [-0.39, 0.29) is 0 Å². The lowest BCUT2D eigenvalue weighted by Gasteiger charge is -2.08. The van der Waals surface area contributed by atoms with Crippen LogP contribution in [0.25, 0.3) is 16.3 Å². The Morgan fingerprint density at radius 1 is 1.11 bits per heavy atom. The summed E-state index contributed by atoms with van der Waals surface area (Å²) in [5, 5.41) is 27.9. The van der Waals surface area contributed by atoms with Gasteiger partial charge in [0.05, 0.1) is 11.3 Å². The highest BCUT2D eigenvalue weighted by atomic mass is 32.1. The van der Waals surface area contributed by atoms with Crippen molar-refractivity contribution in [2.45, 2.75) is 0 Å². The first-order valence-electron chi connectivity index (χ1n) is 8.09. The van der Waals surface area contributed by atoms with Crippen LogP contribution in [0.3, 0.4) is 0 Å². The van der Waals surface area contributed by atoms with Crippen molar-refractivity contribution in [2.75, 3.05) is 10.6 Å². The predicted molar refractivity (Wildman–Crippen MR) is 104 cm³/mol. The second-order valence-corrected chi connectivity index (χ2v) is 6.50. The van der Waals surface area contributed by atoms with Gasteiger partial charge in [0.25, 0.3) is 0 Å². The van der Waals surface area contributed by atoms with Gasteiger partial charge < -0.3 is 5.32 Å². The number of nitrogens with zero attached hydrogens (tertiary/aromatic N) is 6. The molecule has 28 heavy (non-hydrogen) atoms. The molecule has 1 aromatic carbocycles. The molecule has 0 unspecified atom stereocenters. The summed E-state index contributed by atoms with van der Waals surface area (Å²) < 4.78 is 1.59. The van der Waals surface area contributed by atoms with E-state index in [4.69, 9.17) is 0 Å². The Kier molecular flexibility index (Phi) is 4.73. The van der Waals surface area contributed by atoms with Gasteiger partial charge in [0, 0.05) is 36.0 Å². The lowest BCUT2D eigenvalue weighted by atomic mass is 10.1. The number of rotatable bonds is 4. The number of hydrogen-bond donors (Lipinski definition) is 2. The summed E-state index contributed by atoms with van der Waals surface area (Å²) in [4.78, 5) is 16.2. The molecule has 10 heteroatoms. The zero-order chi connectivity index (χ0) is 19.3. The fourth-order valence-corrected chi connectivity index (χ4v) is 3.20. The third kappa shape index (κ3) is 3.69. The minimum Gasteiger partial charge on any atom is -0.308 e. The Labute approximate surface area is 163 Å². The van der Waals surface area contributed by atoms with Crippen LogP contribution in [-0.4, -0.2) is 31.0 Å². The van der Waals surface area contributed by atoms with Crippen LogP contribution in [0.1, 0.15) is 5.56 Å². The van der Waals surface area contributed by atoms with Gasteiger partial charge in [0.15, 0.2) is 0 Å². The van der Waals surface area contributed by atoms with Crippen LogP contribution in [-0.2, 0) is 0 Å². The van der Waals surface area contributed by atoms with Crippen molar-refractivity contribution < 1.29 is 4.79 Å². The van der Waals surface area contributed by atoms with Crippen molar-refractivity contribution in [3.63, 3.8) is 0 Å². The van der Waals surface area contributed by atoms with Crippen LogP contribution in [0.5, 0.6) is 0 Å². The summed E-state index contributed by atoms with van der Waals surface area (Å²) >= 11 is 1.25. The zero-order valence-corrected chi connectivity index (χ0v) is 15.1. The molecule has 4 aromatic rings. The first kappa shape index (κ1) is 17.3. The summed E-state index contributed by atoms with van der Waals surface area (Å²) in [7, 11) is 0. The molecule has 0 radical (unpaired) electrons. The molecule has 0 aliphatic rings. The van der Waals surface area contributed by atoms with E-state index in [1.165, 1.54) is 11.3 Å². The Balaban J connectivity index is 1.46. The van der Waals surface area contributed by atoms with Crippen LogP contribution in [0.4, 0.5) is 15.6 Å². The normalized spacial score (nSPS) is 10.2. The first-order valence-corrected chi connectivity index (χ1v) is 8.90. The number of aromatic nitrogens is 5. The SMILES string of the molecule is N#Cc1cc(NC(=O)Nc2nnc(-c3ccncc3)s2)ccc1-n1cccn1. The first-order chi connectivity index (χ1) is 13.7. The van der Waals surface area contributed by atoms with E-state index >= 15 is 0 Å². The maximum Gasteiger partial charge on any atom is 0.325 e. The quantitative estimate of drug-likeness (QED) is 0.553. The second-order valence-electron chi connectivity index (χ2n) is 5.52. The van der Waals surface area contributed by atoms with Crippen molar-refractivity contribution in [3.8, 4) is 22.3 Å². The molecule has 136 valence electrons. The summed E-state index contributed by atoms with van der Waals surface area (Å²) in [5.41, 5.74) is 2.36. The molecule has 0 saturated heterocycles. The van der Waals surface area contributed by atoms with Gasteiger partial charge in [-0.25, -0.2) is 9.48 Å². The van der Waals surface area contributed by atoms with E-state index in [1.54, 1.807) is 53.7 Å². The van der Waals surface area contributed by atoms with Gasteiger partial charge in [0.1, 0.15) is 11.1 Å². The van der Waals surface area contributed by atoms with Crippen LogP contribution in [0.2, 0.25) is 0 Å². The Morgan fingerprint density at radius 2 is 1.96 bits per heavy atom. The van der Waals surface area contributed by atoms with Crippen LogP contribution < -0.4 is 10.6 Å². The van der Waals surface area contributed by atoms with Crippen LogP contribution >= 0.6 is 11.3 Å². The molecule has 0 saturated carbocycles. The molecule has 3 heterocycles. The third-order valence-electron chi connectivity index (χ3n) is 3.70. The van der Waals surface area contributed by atoms with Gasteiger partial charge in [0.2, 0.25) is 5.13 Å². The van der Waals surface area contributed by atoms with Crippen LogP contribution in [0, 0.1) is 11.3 Å². The van der Waals surface area contributed by atoms with Gasteiger partial charge in [-0.3, -0.25) is 10.3 Å². The number of carbonyl (C=O) groups is 1. The maximum absolute atomic E-state index is 12.2. The van der Waals surface area contributed by atoms with E-state index < -0.39 is 6.03 Å². The van der Waals surface area contributed by atoms with Gasteiger partial charge in [-0.15, -0.1) is 10.2 Å². The fourth-order valence-electron chi connectivity index (χ4n) is 2.46. The maximum atomic E-state index is 12.2. The number of nitrogens with one attached hydrogen (secondary N) is 2. The number of anilines is 2. The minimum absolute atomic E-state index is 0.359. The standard InChI is InChI=1S/C18H12N8OS/c19-11-13-10-14(2-3-15(13)26-9-1-6-21-26)22-17(27)23-18-25-24-16(28-18)12-4-7-20-8-5-12/h1-10H,(H2,22,23,25,27). The smallest absolute Gasteiger partial charge is 0.308 e. The Bertz CT molecular complexity index is 1150. The van der Waals surface area contributed by atoms with Gasteiger partial charge in [-0.1, -0.05) is 11.3 Å². The minimum atomic E-state index is -0.479. The van der Waals surface area contributed by atoms with E-state index in [9.17, 15) is 10.1 Å². The Hall–Kier alpha value is -4.10. The number of hydrogen-bond acceptors (Lipinski definition) is 7. The average molecular weight is 388 g/mol. The fraction of sp³-hybridized carbons (Fsp3) is 0. The molecule has 0 atom stereocenters. The molecule has 0 spiro atoms. The molecule has 0 bridgehead atoms. The lowest BCUT2D eigenvalue weighted by Crippen LogP contribution is -2.19. The number of pyridine rings is 1. The van der Waals surface area contributed by atoms with Gasteiger partial charge >= 0.3 is 6.03 Å². The third-order valence-corrected chi connectivity index (χ3v) is 4.59. The lowest BCUT2D eigenvalue weighted by molar-refractivity contribution is 0.262. The monoisotopic (exact) mass is 388 g/mol. The largest absolute Gasteiger partial charge is 0.325 e.